The van der Waals surface area contributed by atoms with E-state index in [0.29, 0.717) is 5.92 Å². The van der Waals surface area contributed by atoms with Crippen LogP contribution in [0.25, 0.3) is 10.9 Å². The van der Waals surface area contributed by atoms with Gasteiger partial charge in [0.15, 0.2) is 0 Å². The first-order valence-corrected chi connectivity index (χ1v) is 6.67. The minimum Gasteiger partial charge on any atom is -0.303 e. The molecule has 0 spiro atoms. The summed E-state index contributed by atoms with van der Waals surface area (Å²) in [4.78, 5) is 15.3. The maximum atomic E-state index is 10.8. The highest BCUT2D eigenvalue weighted by atomic mass is 16.1. The van der Waals surface area contributed by atoms with Crippen molar-refractivity contribution in [1.29, 1.82) is 0 Å². The zero-order valence-electron chi connectivity index (χ0n) is 10.4. The molecule has 1 aliphatic rings. The quantitative estimate of drug-likeness (QED) is 0.748. The Labute approximate surface area is 107 Å². The van der Waals surface area contributed by atoms with Gasteiger partial charge in [-0.15, -0.1) is 0 Å². The number of fused-ring (bicyclic) bond motifs is 1. The van der Waals surface area contributed by atoms with Gasteiger partial charge in [0.1, 0.15) is 6.29 Å². The Balaban J connectivity index is 1.93. The molecule has 2 aromatic rings. The van der Waals surface area contributed by atoms with Crippen molar-refractivity contribution in [2.75, 3.05) is 0 Å². The van der Waals surface area contributed by atoms with Crippen molar-refractivity contribution in [3.05, 3.63) is 42.1 Å². The fourth-order valence-corrected chi connectivity index (χ4v) is 3.02. The summed E-state index contributed by atoms with van der Waals surface area (Å²) in [5.41, 5.74) is 2.49. The number of hydrogen-bond acceptors (Lipinski definition) is 2. The highest BCUT2D eigenvalue weighted by Crippen LogP contribution is 2.37. The number of rotatable bonds is 2. The van der Waals surface area contributed by atoms with Crippen molar-refractivity contribution >= 4 is 17.2 Å². The number of pyridine rings is 1. The molecule has 1 heterocycles. The molecule has 0 unspecified atom stereocenters. The van der Waals surface area contributed by atoms with Crippen molar-refractivity contribution < 1.29 is 4.79 Å². The molecule has 1 saturated carbocycles. The molecule has 0 aliphatic heterocycles. The standard InChI is InChI=1S/C16H17NO/c18-11-12-6-8-13(9-7-12)15-5-1-3-14-4-2-10-17-16(14)15/h1-5,10-13H,6-9H2. The SMILES string of the molecule is O=CC1CCC(c2cccc3cccnc23)CC1. The second-order valence-corrected chi connectivity index (χ2v) is 5.17. The van der Waals surface area contributed by atoms with Gasteiger partial charge >= 0.3 is 0 Å². The number of nitrogens with zero attached hydrogens (tertiary/aromatic N) is 1. The molecule has 0 atom stereocenters. The average molecular weight is 239 g/mol. The van der Waals surface area contributed by atoms with E-state index in [1.165, 1.54) is 10.9 Å². The summed E-state index contributed by atoms with van der Waals surface area (Å²) in [6.45, 7) is 0. The molecule has 2 nitrogen and oxygen atoms in total. The first-order valence-electron chi connectivity index (χ1n) is 6.67. The predicted octanol–water partition coefficient (Wildman–Crippen LogP) is 3.71. The van der Waals surface area contributed by atoms with Crippen LogP contribution < -0.4 is 0 Å². The van der Waals surface area contributed by atoms with Crippen molar-refractivity contribution in [2.24, 2.45) is 5.92 Å². The summed E-state index contributed by atoms with van der Waals surface area (Å²) in [6.07, 6.45) is 7.26. The fourth-order valence-electron chi connectivity index (χ4n) is 3.02. The van der Waals surface area contributed by atoms with Crippen LogP contribution in [0.2, 0.25) is 0 Å². The number of hydrogen-bond donors (Lipinski definition) is 0. The predicted molar refractivity (Wildman–Crippen MR) is 72.5 cm³/mol. The third-order valence-electron chi connectivity index (χ3n) is 4.07. The zero-order chi connectivity index (χ0) is 12.4. The number of benzene rings is 1. The van der Waals surface area contributed by atoms with Gasteiger partial charge in [0, 0.05) is 17.5 Å². The Morgan fingerprint density at radius 1 is 1.06 bits per heavy atom. The largest absolute Gasteiger partial charge is 0.303 e. The minimum absolute atomic E-state index is 0.282. The van der Waals surface area contributed by atoms with Crippen LogP contribution in [0.15, 0.2) is 36.5 Å². The molecule has 1 fully saturated rings. The number of aldehydes is 1. The number of carbonyl (C=O) groups excluding carboxylic acids is 1. The highest BCUT2D eigenvalue weighted by Gasteiger charge is 2.23. The maximum absolute atomic E-state index is 10.8. The number of carbonyl (C=O) groups is 1. The molecule has 1 aromatic heterocycles. The Bertz CT molecular complexity index is 551. The van der Waals surface area contributed by atoms with E-state index in [4.69, 9.17) is 0 Å². The molecule has 2 heteroatoms. The lowest BCUT2D eigenvalue weighted by atomic mass is 9.79. The highest BCUT2D eigenvalue weighted by molar-refractivity contribution is 5.82. The van der Waals surface area contributed by atoms with Crippen LogP contribution in [0.5, 0.6) is 0 Å². The number of para-hydroxylation sites is 1. The maximum Gasteiger partial charge on any atom is 0.123 e. The lowest BCUT2D eigenvalue weighted by Gasteiger charge is -2.26. The van der Waals surface area contributed by atoms with E-state index in [0.717, 1.165) is 37.5 Å². The summed E-state index contributed by atoms with van der Waals surface area (Å²) < 4.78 is 0. The van der Waals surface area contributed by atoms with E-state index in [1.807, 2.05) is 12.3 Å². The third-order valence-corrected chi connectivity index (χ3v) is 4.07. The summed E-state index contributed by atoms with van der Waals surface area (Å²) in [6, 6.07) is 10.5. The van der Waals surface area contributed by atoms with Crippen molar-refractivity contribution in [3.63, 3.8) is 0 Å². The molecule has 0 N–H and O–H groups in total. The van der Waals surface area contributed by atoms with Gasteiger partial charge in [0.05, 0.1) is 5.52 Å². The Hall–Kier alpha value is -1.70. The molecular formula is C16H17NO. The normalized spacial score (nSPS) is 24.0. The average Bonchev–Trinajstić information content (AvgIpc) is 2.47. The second kappa shape index (κ2) is 4.89. The minimum atomic E-state index is 0.282. The van der Waals surface area contributed by atoms with E-state index < -0.39 is 0 Å². The molecule has 0 amide bonds. The molecule has 0 bridgehead atoms. The molecule has 92 valence electrons. The van der Waals surface area contributed by atoms with E-state index >= 15 is 0 Å². The van der Waals surface area contributed by atoms with Crippen LogP contribution in [0.1, 0.15) is 37.2 Å². The van der Waals surface area contributed by atoms with Crippen LogP contribution in [0.4, 0.5) is 0 Å². The third kappa shape index (κ3) is 2.03. The summed E-state index contributed by atoms with van der Waals surface area (Å²) in [5.74, 6) is 0.851. The molecule has 1 aromatic carbocycles. The van der Waals surface area contributed by atoms with Gasteiger partial charge in [-0.2, -0.15) is 0 Å². The van der Waals surface area contributed by atoms with Gasteiger partial charge in [0.25, 0.3) is 0 Å². The van der Waals surface area contributed by atoms with Gasteiger partial charge < -0.3 is 4.79 Å². The molecule has 18 heavy (non-hydrogen) atoms. The van der Waals surface area contributed by atoms with Gasteiger partial charge in [-0.3, -0.25) is 4.98 Å². The van der Waals surface area contributed by atoms with Crippen LogP contribution in [-0.4, -0.2) is 11.3 Å². The van der Waals surface area contributed by atoms with Crippen molar-refractivity contribution in [2.45, 2.75) is 31.6 Å². The first kappa shape index (κ1) is 11.4. The van der Waals surface area contributed by atoms with E-state index in [2.05, 4.69) is 29.2 Å². The lowest BCUT2D eigenvalue weighted by molar-refractivity contribution is -0.111. The van der Waals surface area contributed by atoms with E-state index in [-0.39, 0.29) is 5.92 Å². The number of aromatic nitrogens is 1. The van der Waals surface area contributed by atoms with Crippen LogP contribution >= 0.6 is 0 Å². The Morgan fingerprint density at radius 3 is 2.61 bits per heavy atom. The first-order chi connectivity index (χ1) is 8.88. The molecule has 3 rings (SSSR count). The topological polar surface area (TPSA) is 30.0 Å². The summed E-state index contributed by atoms with van der Waals surface area (Å²) in [5, 5.41) is 1.22. The molecular weight excluding hydrogens is 222 g/mol. The van der Waals surface area contributed by atoms with Crippen molar-refractivity contribution in [3.8, 4) is 0 Å². The van der Waals surface area contributed by atoms with Gasteiger partial charge in [-0.1, -0.05) is 24.3 Å². The van der Waals surface area contributed by atoms with Crippen LogP contribution in [0.3, 0.4) is 0 Å². The monoisotopic (exact) mass is 239 g/mol. The van der Waals surface area contributed by atoms with E-state index in [1.54, 1.807) is 0 Å². The molecule has 1 aliphatic carbocycles. The Kier molecular flexibility index (Phi) is 3.09. The van der Waals surface area contributed by atoms with E-state index in [9.17, 15) is 4.79 Å². The zero-order valence-corrected chi connectivity index (χ0v) is 10.4. The van der Waals surface area contributed by atoms with Crippen LogP contribution in [-0.2, 0) is 4.79 Å². The van der Waals surface area contributed by atoms with Crippen LogP contribution in [0, 0.1) is 5.92 Å². The molecule has 0 radical (unpaired) electrons. The van der Waals surface area contributed by atoms with Gasteiger partial charge in [-0.05, 0) is 43.2 Å². The lowest BCUT2D eigenvalue weighted by Crippen LogP contribution is -2.14. The summed E-state index contributed by atoms with van der Waals surface area (Å²) in [7, 11) is 0. The van der Waals surface area contributed by atoms with Crippen molar-refractivity contribution in [1.82, 2.24) is 4.98 Å². The second-order valence-electron chi connectivity index (χ2n) is 5.17. The smallest absolute Gasteiger partial charge is 0.123 e. The van der Waals surface area contributed by atoms with Gasteiger partial charge in [0.2, 0.25) is 0 Å². The summed E-state index contributed by atoms with van der Waals surface area (Å²) >= 11 is 0. The van der Waals surface area contributed by atoms with Gasteiger partial charge in [-0.25, -0.2) is 0 Å². The molecule has 0 saturated heterocycles. The Morgan fingerprint density at radius 2 is 1.83 bits per heavy atom. The fraction of sp³-hybridized carbons (Fsp3) is 0.375.